The molecule has 0 aromatic rings. The molecule has 0 spiro atoms. The summed E-state index contributed by atoms with van der Waals surface area (Å²) >= 11 is 0. The van der Waals surface area contributed by atoms with E-state index >= 15 is 0 Å². The zero-order valence-corrected chi connectivity index (χ0v) is 37.3. The average molecular weight is 832 g/mol. The number of phosphoric acid groups is 1. The number of hydrogen-bond donors (Lipinski definition) is 3. The molecule has 0 bridgehead atoms. The largest absolute Gasteiger partial charge is 0.756 e. The van der Waals surface area contributed by atoms with Gasteiger partial charge in [0.1, 0.15) is 19.8 Å². The molecule has 0 aromatic carbocycles. The maximum Gasteiger partial charge on any atom is 0.306 e. The van der Waals surface area contributed by atoms with E-state index in [0.29, 0.717) is 43.1 Å². The van der Waals surface area contributed by atoms with E-state index in [0.717, 1.165) is 38.5 Å². The molecule has 1 aliphatic rings. The first-order valence-corrected chi connectivity index (χ1v) is 23.8. The first-order valence-electron chi connectivity index (χ1n) is 22.3. The Morgan fingerprint density at radius 1 is 0.772 bits per heavy atom. The van der Waals surface area contributed by atoms with Crippen molar-refractivity contribution in [1.29, 1.82) is 0 Å². The molecule has 13 heteroatoms. The maximum absolute atomic E-state index is 12.8. The predicted molar refractivity (Wildman–Crippen MR) is 224 cm³/mol. The van der Waals surface area contributed by atoms with Gasteiger partial charge in [0.15, 0.2) is 6.10 Å². The number of esters is 2. The Kier molecular flexibility index (Phi) is 30.1. The van der Waals surface area contributed by atoms with Gasteiger partial charge in [-0.05, 0) is 38.0 Å². The lowest BCUT2D eigenvalue weighted by atomic mass is 9.89. The molecule has 0 saturated heterocycles. The Morgan fingerprint density at radius 2 is 1.35 bits per heavy atom. The molecule has 57 heavy (non-hydrogen) atoms. The van der Waals surface area contributed by atoms with Gasteiger partial charge in [-0.2, -0.15) is 0 Å². The van der Waals surface area contributed by atoms with Crippen LogP contribution in [0.3, 0.4) is 0 Å². The van der Waals surface area contributed by atoms with Crippen molar-refractivity contribution in [2.75, 3.05) is 47.5 Å². The fraction of sp³-hybridized carbons (Fsp3) is 0.864. The van der Waals surface area contributed by atoms with Crippen molar-refractivity contribution >= 4 is 19.8 Å². The van der Waals surface area contributed by atoms with Crippen molar-refractivity contribution in [2.45, 2.75) is 186 Å². The van der Waals surface area contributed by atoms with Gasteiger partial charge in [0.25, 0.3) is 7.82 Å². The molecule has 0 radical (unpaired) electrons. The highest BCUT2D eigenvalue weighted by molar-refractivity contribution is 7.45. The van der Waals surface area contributed by atoms with E-state index in [1.54, 1.807) is 6.08 Å². The van der Waals surface area contributed by atoms with Gasteiger partial charge in [0.05, 0.1) is 46.1 Å². The molecule has 1 saturated carbocycles. The van der Waals surface area contributed by atoms with Gasteiger partial charge < -0.3 is 43.2 Å². The molecule has 12 nitrogen and oxygen atoms in total. The monoisotopic (exact) mass is 832 g/mol. The molecule has 1 unspecified atom stereocenters. The number of ether oxygens (including phenoxy) is 2. The second-order valence-corrected chi connectivity index (χ2v) is 18.4. The van der Waals surface area contributed by atoms with Crippen LogP contribution in [0.15, 0.2) is 24.3 Å². The lowest BCUT2D eigenvalue weighted by Crippen LogP contribution is -2.37. The van der Waals surface area contributed by atoms with Crippen LogP contribution in [0.1, 0.15) is 162 Å². The summed E-state index contributed by atoms with van der Waals surface area (Å²) in [5.74, 6) is -1.44. The SMILES string of the molecule is CCCCCCCCCCCCCCCC(=O)OC[C@H](COP(=O)([O-])OCC[N+](C)(C)C)OC(=O)CCC/C=C\C[C@H]1[C@@H](/C=C/[C@@H](O)CCCCC)[C@H](O)C[C@@H]1O. The minimum atomic E-state index is -4.69. The molecule has 1 rings (SSSR count). The molecular weight excluding hydrogens is 749 g/mol. The number of carbonyl (C=O) groups excluding carboxylic acids is 2. The molecule has 0 heterocycles. The summed E-state index contributed by atoms with van der Waals surface area (Å²) in [5.41, 5.74) is 0. The predicted octanol–water partition coefficient (Wildman–Crippen LogP) is 8.10. The van der Waals surface area contributed by atoms with E-state index in [1.807, 2.05) is 39.4 Å². The number of phosphoric ester groups is 1. The highest BCUT2D eigenvalue weighted by atomic mass is 31.2. The highest BCUT2D eigenvalue weighted by Gasteiger charge is 2.39. The van der Waals surface area contributed by atoms with Gasteiger partial charge in [-0.15, -0.1) is 0 Å². The van der Waals surface area contributed by atoms with E-state index in [4.69, 9.17) is 18.5 Å². The molecule has 7 atom stereocenters. The van der Waals surface area contributed by atoms with Crippen molar-refractivity contribution in [2.24, 2.45) is 11.8 Å². The van der Waals surface area contributed by atoms with Gasteiger partial charge in [0, 0.05) is 25.2 Å². The number of likely N-dealkylation sites (N-methyl/N-ethyl adjacent to an activating group) is 1. The van der Waals surface area contributed by atoms with Gasteiger partial charge in [-0.1, -0.05) is 134 Å². The number of rotatable bonds is 36. The van der Waals surface area contributed by atoms with Crippen LogP contribution >= 0.6 is 7.82 Å². The summed E-state index contributed by atoms with van der Waals surface area (Å²) in [6.07, 6.45) is 25.8. The van der Waals surface area contributed by atoms with Crippen LogP contribution in [0.4, 0.5) is 0 Å². The Balaban J connectivity index is 2.52. The summed E-state index contributed by atoms with van der Waals surface area (Å²) in [4.78, 5) is 37.7. The summed E-state index contributed by atoms with van der Waals surface area (Å²) in [7, 11) is 1.02. The summed E-state index contributed by atoms with van der Waals surface area (Å²) < 4.78 is 33.8. The third-order valence-electron chi connectivity index (χ3n) is 10.5. The average Bonchev–Trinajstić information content (AvgIpc) is 3.41. The second-order valence-electron chi connectivity index (χ2n) is 17.0. The first-order chi connectivity index (χ1) is 27.2. The molecule has 0 aliphatic heterocycles. The maximum atomic E-state index is 12.8. The third kappa shape index (κ3) is 29.3. The zero-order chi connectivity index (χ0) is 42.4. The quantitative estimate of drug-likeness (QED) is 0.0183. The van der Waals surface area contributed by atoms with Gasteiger partial charge >= 0.3 is 11.9 Å². The lowest BCUT2D eigenvalue weighted by Gasteiger charge is -2.28. The van der Waals surface area contributed by atoms with Gasteiger partial charge in [-0.3, -0.25) is 14.2 Å². The van der Waals surface area contributed by atoms with Crippen molar-refractivity contribution in [1.82, 2.24) is 0 Å². The van der Waals surface area contributed by atoms with Crippen LogP contribution < -0.4 is 4.89 Å². The van der Waals surface area contributed by atoms with Crippen LogP contribution in [0.25, 0.3) is 0 Å². The topological polar surface area (TPSA) is 172 Å². The van der Waals surface area contributed by atoms with Crippen molar-refractivity contribution in [3.63, 3.8) is 0 Å². The minimum absolute atomic E-state index is 0.0504. The molecule has 1 fully saturated rings. The normalized spacial score (nSPS) is 20.9. The number of hydrogen-bond acceptors (Lipinski definition) is 11. The molecule has 3 N–H and O–H groups in total. The molecule has 1 aliphatic carbocycles. The zero-order valence-electron chi connectivity index (χ0n) is 36.4. The Bertz CT molecular complexity index is 1140. The van der Waals surface area contributed by atoms with Gasteiger partial charge in [-0.25, -0.2) is 0 Å². The van der Waals surface area contributed by atoms with Crippen molar-refractivity contribution in [3.05, 3.63) is 24.3 Å². The smallest absolute Gasteiger partial charge is 0.306 e. The number of quaternary nitrogens is 1. The Labute approximate surface area is 346 Å². The fourth-order valence-corrected chi connectivity index (χ4v) is 7.67. The van der Waals surface area contributed by atoms with E-state index < -0.39 is 50.8 Å². The highest BCUT2D eigenvalue weighted by Crippen LogP contribution is 2.38. The lowest BCUT2D eigenvalue weighted by molar-refractivity contribution is -0.870. The number of aliphatic hydroxyl groups is 3. The Hall–Kier alpha value is -1.63. The molecular formula is C44H82NO11P. The number of allylic oxidation sites excluding steroid dienone is 2. The minimum Gasteiger partial charge on any atom is -0.756 e. The third-order valence-corrected chi connectivity index (χ3v) is 11.5. The summed E-state index contributed by atoms with van der Waals surface area (Å²) in [5, 5.41) is 31.4. The first kappa shape index (κ1) is 53.4. The second kappa shape index (κ2) is 32.2. The number of unbranched alkanes of at least 4 members (excludes halogenated alkanes) is 15. The van der Waals surface area contributed by atoms with Crippen LogP contribution in [0.2, 0.25) is 0 Å². The van der Waals surface area contributed by atoms with Crippen molar-refractivity contribution < 1.29 is 57.4 Å². The van der Waals surface area contributed by atoms with E-state index in [1.165, 1.54) is 57.8 Å². The Morgan fingerprint density at radius 3 is 1.96 bits per heavy atom. The van der Waals surface area contributed by atoms with Crippen LogP contribution in [-0.2, 0) is 32.7 Å². The van der Waals surface area contributed by atoms with Gasteiger partial charge in [0.2, 0.25) is 0 Å². The van der Waals surface area contributed by atoms with E-state index in [9.17, 15) is 34.4 Å². The molecule has 334 valence electrons. The van der Waals surface area contributed by atoms with Crippen LogP contribution in [-0.4, -0.2) is 104 Å². The summed E-state index contributed by atoms with van der Waals surface area (Å²) in [6, 6.07) is 0. The standard InChI is InChI=1S/C44H82NO11P/c1-6-8-10-11-12-13-14-15-16-17-18-19-24-28-43(49)53-35-38(36-55-57(51,52)54-33-32-45(3,4)5)56-44(50)29-25-21-20-23-27-39-40(42(48)34-41(39)47)31-30-37(46)26-22-9-7-2/h20,23,30-31,37-42,46-48H,6-19,21-22,24-29,32-36H2,1-5H3/b23-20-,31-30+/t37-,38+,39-,40+,41-,42+/m0/s1. The molecule has 0 amide bonds. The van der Waals surface area contributed by atoms with E-state index in [2.05, 4.69) is 13.8 Å². The van der Waals surface area contributed by atoms with Crippen LogP contribution in [0, 0.1) is 11.8 Å². The molecule has 0 aromatic heterocycles. The van der Waals surface area contributed by atoms with Crippen LogP contribution in [0.5, 0.6) is 0 Å². The fourth-order valence-electron chi connectivity index (χ4n) is 6.94. The van der Waals surface area contributed by atoms with Crippen molar-refractivity contribution in [3.8, 4) is 0 Å². The summed E-state index contributed by atoms with van der Waals surface area (Å²) in [6.45, 7) is 3.84. The number of aliphatic hydroxyl groups excluding tert-OH is 3. The van der Waals surface area contributed by atoms with E-state index in [-0.39, 0.29) is 44.3 Å². The number of nitrogens with zero attached hydrogens (tertiary/aromatic N) is 1. The number of carbonyl (C=O) groups is 2.